The molecule has 168 valence electrons. The molecule has 2 rings (SSSR count). The first kappa shape index (κ1) is 23.7. The Morgan fingerprint density at radius 3 is 2.45 bits per heavy atom. The molecule has 0 bridgehead atoms. The summed E-state index contributed by atoms with van der Waals surface area (Å²) in [7, 11) is -4.16. The highest BCUT2D eigenvalue weighted by molar-refractivity contribution is 7.91. The molecule has 1 heterocycles. The highest BCUT2D eigenvalue weighted by Gasteiger charge is 2.30. The predicted octanol–water partition coefficient (Wildman–Crippen LogP) is -0.142. The van der Waals surface area contributed by atoms with Gasteiger partial charge in [0.2, 0.25) is 21.9 Å². The molecule has 0 saturated carbocycles. The number of aryl methyl sites for hydroxylation is 1. The van der Waals surface area contributed by atoms with Gasteiger partial charge in [-0.2, -0.15) is 0 Å². The molecule has 0 aliphatic carbocycles. The van der Waals surface area contributed by atoms with Gasteiger partial charge in [0.1, 0.15) is 11.5 Å². The Kier molecular flexibility index (Phi) is 7.23. The second-order valence-electron chi connectivity index (χ2n) is 6.69. The third-order valence-electron chi connectivity index (χ3n) is 4.23. The smallest absolute Gasteiger partial charge is 0.275 e. The quantitative estimate of drug-likeness (QED) is 0.231. The lowest BCUT2D eigenvalue weighted by Crippen LogP contribution is -2.42. The Balaban J connectivity index is 2.43. The number of guanidine groups is 1. The van der Waals surface area contributed by atoms with Crippen LogP contribution in [0.3, 0.4) is 0 Å². The van der Waals surface area contributed by atoms with Gasteiger partial charge in [-0.3, -0.25) is 18.9 Å². The number of primary amides is 1. The van der Waals surface area contributed by atoms with Crippen molar-refractivity contribution in [3.63, 3.8) is 0 Å². The van der Waals surface area contributed by atoms with Crippen LogP contribution in [-0.2, 0) is 25.4 Å². The van der Waals surface area contributed by atoms with Crippen molar-refractivity contribution in [3.8, 4) is 0 Å². The van der Waals surface area contributed by atoms with Gasteiger partial charge in [-0.05, 0) is 37.2 Å². The van der Waals surface area contributed by atoms with Crippen LogP contribution in [-0.4, -0.2) is 31.0 Å². The van der Waals surface area contributed by atoms with Gasteiger partial charge in [-0.15, -0.1) is 0 Å². The zero-order chi connectivity index (χ0) is 23.3. The fourth-order valence-electron chi connectivity index (χ4n) is 2.86. The van der Waals surface area contributed by atoms with E-state index in [0.717, 1.165) is 10.6 Å². The number of nitrogens with one attached hydrogen (secondary N) is 1. The molecule has 1 amide bonds. The molecule has 1 aromatic heterocycles. The number of nitrogens with zero attached hydrogens (tertiary/aromatic N) is 2. The minimum atomic E-state index is -4.16. The summed E-state index contributed by atoms with van der Waals surface area (Å²) in [6.07, 6.45) is -1.07. The molecule has 0 saturated heterocycles. The molecule has 7 N–H and O–H groups in total. The lowest BCUT2D eigenvalue weighted by Gasteiger charge is -2.24. The number of carbonyl (C=O) groups is 1. The summed E-state index contributed by atoms with van der Waals surface area (Å²) >= 11 is 0. The first-order chi connectivity index (χ1) is 14.4. The number of nitrogens with two attached hydrogens (primary N) is 3. The summed E-state index contributed by atoms with van der Waals surface area (Å²) in [5.74, 6) is -2.74. The van der Waals surface area contributed by atoms with E-state index in [1.165, 1.54) is 44.2 Å². The second-order valence-corrected chi connectivity index (χ2v) is 8.41. The number of oxime groups is 1. The van der Waals surface area contributed by atoms with Crippen molar-refractivity contribution in [3.05, 3.63) is 63.8 Å². The first-order valence-corrected chi connectivity index (χ1v) is 10.6. The number of amides is 1. The molecular formula is C18H23FN6O5S. The van der Waals surface area contributed by atoms with Crippen LogP contribution in [0.4, 0.5) is 10.1 Å². The largest absolute Gasteiger partial charge is 0.387 e. The van der Waals surface area contributed by atoms with Crippen LogP contribution < -0.4 is 27.5 Å². The fraction of sp³-hybridized carbons (Fsp3) is 0.278. The Bertz CT molecular complexity index is 1160. The number of halogens is 1. The molecular weight excluding hydrogens is 431 g/mol. The van der Waals surface area contributed by atoms with Crippen LogP contribution in [0.25, 0.3) is 0 Å². The summed E-state index contributed by atoms with van der Waals surface area (Å²) in [6, 6.07) is 6.63. The minimum absolute atomic E-state index is 0.0725. The number of rotatable bonds is 9. The lowest BCUT2D eigenvalue weighted by atomic mass is 10.1. The van der Waals surface area contributed by atoms with Gasteiger partial charge in [0.25, 0.3) is 5.56 Å². The highest BCUT2D eigenvalue weighted by Crippen LogP contribution is 2.18. The second kappa shape index (κ2) is 9.47. The normalized spacial score (nSPS) is 13.1. The maximum absolute atomic E-state index is 13.8. The van der Waals surface area contributed by atoms with E-state index in [2.05, 4.69) is 9.88 Å². The van der Waals surface area contributed by atoms with E-state index >= 15 is 0 Å². The maximum Gasteiger partial charge on any atom is 0.275 e. The molecule has 13 heteroatoms. The molecule has 0 radical (unpaired) electrons. The predicted molar refractivity (Wildman–Crippen MR) is 113 cm³/mol. The summed E-state index contributed by atoms with van der Waals surface area (Å²) in [5, 5.41) is 3.35. The van der Waals surface area contributed by atoms with Gasteiger partial charge in [0, 0.05) is 11.3 Å². The lowest BCUT2D eigenvalue weighted by molar-refractivity contribution is -0.125. The molecule has 11 nitrogen and oxygen atoms in total. The third kappa shape index (κ3) is 5.94. The first-order valence-electron chi connectivity index (χ1n) is 8.93. The zero-order valence-electron chi connectivity index (χ0n) is 16.8. The Hall–Kier alpha value is -3.61. The molecule has 2 atom stereocenters. The van der Waals surface area contributed by atoms with Crippen molar-refractivity contribution in [1.29, 1.82) is 0 Å². The standard InChI is InChI=1S/C18H23FN6O5S/c1-10-7-8-14(24-31(28,29)9-12-5-3-4-6-13(12)19)17(27)25(10)15(16(20)26)11(2)30-23-18(21)22/h3-8,11,15,24H,9H2,1-2H3,(H2,20,26)(H4,21,22,23). The summed E-state index contributed by atoms with van der Waals surface area (Å²) < 4.78 is 41.9. The minimum Gasteiger partial charge on any atom is -0.387 e. The number of benzene rings is 1. The van der Waals surface area contributed by atoms with Crippen LogP contribution in [0, 0.1) is 12.7 Å². The highest BCUT2D eigenvalue weighted by atomic mass is 32.2. The molecule has 2 unspecified atom stereocenters. The number of anilines is 1. The van der Waals surface area contributed by atoms with Crippen LogP contribution in [0.15, 0.2) is 46.3 Å². The van der Waals surface area contributed by atoms with Gasteiger partial charge in [-0.25, -0.2) is 12.8 Å². The van der Waals surface area contributed by atoms with Crippen molar-refractivity contribution < 1.29 is 22.4 Å². The van der Waals surface area contributed by atoms with Crippen LogP contribution in [0.2, 0.25) is 0 Å². The molecule has 0 fully saturated rings. The van der Waals surface area contributed by atoms with E-state index in [1.807, 2.05) is 0 Å². The summed E-state index contributed by atoms with van der Waals surface area (Å²) in [6.45, 7) is 2.92. The Labute approximate surface area is 177 Å². The number of hydrogen-bond donors (Lipinski definition) is 4. The van der Waals surface area contributed by atoms with Crippen LogP contribution in [0.5, 0.6) is 0 Å². The Morgan fingerprint density at radius 2 is 1.87 bits per heavy atom. The van der Waals surface area contributed by atoms with Gasteiger partial charge in [0.05, 0.1) is 5.75 Å². The monoisotopic (exact) mass is 454 g/mol. The maximum atomic E-state index is 13.8. The number of pyridine rings is 1. The van der Waals surface area contributed by atoms with Crippen molar-refractivity contribution >= 4 is 27.6 Å². The molecule has 0 spiro atoms. The number of sulfonamides is 1. The van der Waals surface area contributed by atoms with E-state index in [1.54, 1.807) is 0 Å². The molecule has 1 aromatic carbocycles. The van der Waals surface area contributed by atoms with Crippen molar-refractivity contribution in [2.45, 2.75) is 31.7 Å². The van der Waals surface area contributed by atoms with E-state index in [4.69, 9.17) is 22.0 Å². The van der Waals surface area contributed by atoms with Gasteiger partial charge in [0.15, 0.2) is 12.1 Å². The third-order valence-corrected chi connectivity index (χ3v) is 5.45. The molecule has 31 heavy (non-hydrogen) atoms. The Morgan fingerprint density at radius 1 is 1.23 bits per heavy atom. The molecule has 2 aromatic rings. The fourth-order valence-corrected chi connectivity index (χ4v) is 4.07. The van der Waals surface area contributed by atoms with Gasteiger partial charge < -0.3 is 22.0 Å². The van der Waals surface area contributed by atoms with Crippen molar-refractivity contribution in [1.82, 2.24) is 4.57 Å². The van der Waals surface area contributed by atoms with Crippen LogP contribution in [0.1, 0.15) is 24.2 Å². The number of carbonyl (C=O) groups excluding carboxylic acids is 1. The SMILES string of the molecule is Cc1ccc(NS(=O)(=O)Cc2ccccc2F)c(=O)n1C(C(N)=O)C(C)ON=C(N)N. The van der Waals surface area contributed by atoms with E-state index in [9.17, 15) is 22.4 Å². The van der Waals surface area contributed by atoms with Gasteiger partial charge in [-0.1, -0.05) is 18.2 Å². The van der Waals surface area contributed by atoms with E-state index in [0.29, 0.717) is 5.69 Å². The van der Waals surface area contributed by atoms with Crippen molar-refractivity contribution in [2.24, 2.45) is 22.4 Å². The number of hydrogen-bond acceptors (Lipinski definition) is 6. The topological polar surface area (TPSA) is 185 Å². The van der Waals surface area contributed by atoms with E-state index in [-0.39, 0.29) is 11.3 Å². The average molecular weight is 454 g/mol. The molecule has 0 aliphatic heterocycles. The summed E-state index contributed by atoms with van der Waals surface area (Å²) in [4.78, 5) is 30.1. The van der Waals surface area contributed by atoms with E-state index < -0.39 is 51.2 Å². The van der Waals surface area contributed by atoms with Crippen molar-refractivity contribution in [2.75, 3.05) is 4.72 Å². The molecule has 0 aliphatic rings. The number of aromatic nitrogens is 1. The average Bonchev–Trinajstić information content (AvgIpc) is 2.66. The summed E-state index contributed by atoms with van der Waals surface area (Å²) in [5.41, 5.74) is 14.8. The van der Waals surface area contributed by atoms with Gasteiger partial charge >= 0.3 is 0 Å². The van der Waals surface area contributed by atoms with Crippen LogP contribution >= 0.6 is 0 Å². The zero-order valence-corrected chi connectivity index (χ0v) is 17.6.